The smallest absolute Gasteiger partial charge is 0.306 e. The quantitative estimate of drug-likeness (QED) is 0.222. The second kappa shape index (κ2) is 15.9. The first-order valence-electron chi connectivity index (χ1n) is 11.0. The molecular weight excluding hydrogens is 320 g/mol. The topological polar surface area (TPSA) is 26.3 Å². The maximum absolute atomic E-state index is 12.1. The highest BCUT2D eigenvalue weighted by molar-refractivity contribution is 5.69. The molecule has 2 nitrogen and oxygen atoms in total. The summed E-state index contributed by atoms with van der Waals surface area (Å²) in [6.07, 6.45) is 16.7. The average molecular weight is 361 g/mol. The van der Waals surface area contributed by atoms with E-state index in [9.17, 15) is 4.79 Å². The Labute approximate surface area is 161 Å². The number of carbonyl (C=O) groups is 1. The van der Waals surface area contributed by atoms with Crippen molar-refractivity contribution in [3.05, 3.63) is 35.9 Å². The lowest BCUT2D eigenvalue weighted by Crippen LogP contribution is -2.11. The Balaban J connectivity index is 2.05. The third kappa shape index (κ3) is 11.3. The minimum Gasteiger partial charge on any atom is -0.457 e. The molecule has 0 saturated heterocycles. The molecule has 1 aromatic rings. The number of esters is 1. The Morgan fingerprint density at radius 3 is 1.85 bits per heavy atom. The molecule has 0 radical (unpaired) electrons. The van der Waals surface area contributed by atoms with E-state index < -0.39 is 0 Å². The standard InChI is InChI=1S/C24H40O2/c1-3-5-6-7-8-9-10-11-12-13-17-21-24(25)26-23(18-4-2)22-19-15-14-16-20-22/h14-16,19-20,23H,3-13,17-18,21H2,1-2H3. The molecule has 0 spiro atoms. The van der Waals surface area contributed by atoms with Gasteiger partial charge in [0.1, 0.15) is 6.10 Å². The van der Waals surface area contributed by atoms with Crippen LogP contribution < -0.4 is 0 Å². The monoisotopic (exact) mass is 360 g/mol. The highest BCUT2D eigenvalue weighted by Gasteiger charge is 2.15. The molecule has 0 aliphatic heterocycles. The van der Waals surface area contributed by atoms with Gasteiger partial charge in [-0.2, -0.15) is 0 Å². The molecule has 1 rings (SSSR count). The van der Waals surface area contributed by atoms with Crippen LogP contribution in [-0.4, -0.2) is 5.97 Å². The van der Waals surface area contributed by atoms with E-state index in [1.807, 2.05) is 18.2 Å². The largest absolute Gasteiger partial charge is 0.457 e. The zero-order valence-corrected chi connectivity index (χ0v) is 17.2. The number of hydrogen-bond donors (Lipinski definition) is 0. The first-order chi connectivity index (χ1) is 12.8. The lowest BCUT2D eigenvalue weighted by molar-refractivity contribution is -0.150. The molecule has 148 valence electrons. The summed E-state index contributed by atoms with van der Waals surface area (Å²) in [7, 11) is 0. The van der Waals surface area contributed by atoms with E-state index in [1.54, 1.807) is 0 Å². The van der Waals surface area contributed by atoms with Crippen molar-refractivity contribution in [1.82, 2.24) is 0 Å². The van der Waals surface area contributed by atoms with Crippen molar-refractivity contribution in [3.8, 4) is 0 Å². The molecule has 0 amide bonds. The minimum absolute atomic E-state index is 0.0387. The summed E-state index contributed by atoms with van der Waals surface area (Å²) in [5.74, 6) is -0.0387. The molecule has 2 heteroatoms. The van der Waals surface area contributed by atoms with Gasteiger partial charge in [0, 0.05) is 6.42 Å². The third-order valence-corrected chi connectivity index (χ3v) is 4.98. The van der Waals surface area contributed by atoms with Crippen LogP contribution in [0.25, 0.3) is 0 Å². The molecule has 0 aromatic heterocycles. The molecular formula is C24H40O2. The van der Waals surface area contributed by atoms with Crippen LogP contribution in [0, 0.1) is 0 Å². The maximum atomic E-state index is 12.1. The van der Waals surface area contributed by atoms with Gasteiger partial charge in [-0.3, -0.25) is 4.79 Å². The van der Waals surface area contributed by atoms with Gasteiger partial charge in [-0.1, -0.05) is 115 Å². The Kier molecular flexibility index (Phi) is 13.9. The van der Waals surface area contributed by atoms with Gasteiger partial charge in [0.25, 0.3) is 0 Å². The summed E-state index contributed by atoms with van der Waals surface area (Å²) in [5.41, 5.74) is 1.11. The Morgan fingerprint density at radius 1 is 0.769 bits per heavy atom. The first kappa shape index (κ1) is 22.7. The number of carbonyl (C=O) groups excluding carboxylic acids is 1. The molecule has 0 aliphatic carbocycles. The molecule has 0 heterocycles. The Morgan fingerprint density at radius 2 is 1.31 bits per heavy atom. The summed E-state index contributed by atoms with van der Waals surface area (Å²) >= 11 is 0. The van der Waals surface area contributed by atoms with Crippen molar-refractivity contribution < 1.29 is 9.53 Å². The van der Waals surface area contributed by atoms with Crippen molar-refractivity contribution in [2.24, 2.45) is 0 Å². The fourth-order valence-corrected chi connectivity index (χ4v) is 3.37. The van der Waals surface area contributed by atoms with E-state index >= 15 is 0 Å². The number of unbranched alkanes of at least 4 members (excludes halogenated alkanes) is 10. The van der Waals surface area contributed by atoms with E-state index in [4.69, 9.17) is 4.74 Å². The molecule has 26 heavy (non-hydrogen) atoms. The van der Waals surface area contributed by atoms with E-state index in [0.29, 0.717) is 6.42 Å². The molecule has 0 N–H and O–H groups in total. The van der Waals surface area contributed by atoms with E-state index in [-0.39, 0.29) is 12.1 Å². The second-order valence-electron chi connectivity index (χ2n) is 7.46. The van der Waals surface area contributed by atoms with Crippen LogP contribution in [0.4, 0.5) is 0 Å². The van der Waals surface area contributed by atoms with Gasteiger partial charge < -0.3 is 4.74 Å². The summed E-state index contributed by atoms with van der Waals surface area (Å²) in [4.78, 5) is 12.1. The zero-order valence-electron chi connectivity index (χ0n) is 17.2. The predicted molar refractivity (Wildman–Crippen MR) is 111 cm³/mol. The van der Waals surface area contributed by atoms with Gasteiger partial charge >= 0.3 is 5.97 Å². The van der Waals surface area contributed by atoms with Crippen LogP contribution in [0.5, 0.6) is 0 Å². The van der Waals surface area contributed by atoms with Crippen molar-refractivity contribution >= 4 is 5.97 Å². The van der Waals surface area contributed by atoms with Crippen molar-refractivity contribution in [1.29, 1.82) is 0 Å². The van der Waals surface area contributed by atoms with Crippen LogP contribution in [0.2, 0.25) is 0 Å². The van der Waals surface area contributed by atoms with E-state index in [1.165, 1.54) is 57.8 Å². The van der Waals surface area contributed by atoms with Crippen molar-refractivity contribution in [2.45, 2.75) is 110 Å². The molecule has 1 atom stereocenters. The Bertz CT molecular complexity index is 441. The van der Waals surface area contributed by atoms with E-state index in [2.05, 4.69) is 26.0 Å². The summed E-state index contributed by atoms with van der Waals surface area (Å²) in [6.45, 7) is 4.40. The van der Waals surface area contributed by atoms with Crippen LogP contribution in [-0.2, 0) is 9.53 Å². The molecule has 0 aliphatic rings. The lowest BCUT2D eigenvalue weighted by atomic mass is 10.0. The van der Waals surface area contributed by atoms with Gasteiger partial charge in [-0.15, -0.1) is 0 Å². The SMILES string of the molecule is CCCCCCCCCCCCCC(=O)OC(CCC)c1ccccc1. The molecule has 1 unspecified atom stereocenters. The van der Waals surface area contributed by atoms with Gasteiger partial charge in [-0.05, 0) is 18.4 Å². The van der Waals surface area contributed by atoms with Gasteiger partial charge in [-0.25, -0.2) is 0 Å². The lowest BCUT2D eigenvalue weighted by Gasteiger charge is -2.17. The number of ether oxygens (including phenoxy) is 1. The summed E-state index contributed by atoms with van der Waals surface area (Å²) in [6, 6.07) is 10.1. The number of benzene rings is 1. The fraction of sp³-hybridized carbons (Fsp3) is 0.708. The Hall–Kier alpha value is -1.31. The molecule has 0 fully saturated rings. The van der Waals surface area contributed by atoms with Crippen molar-refractivity contribution in [2.75, 3.05) is 0 Å². The van der Waals surface area contributed by atoms with Crippen molar-refractivity contribution in [3.63, 3.8) is 0 Å². The first-order valence-corrected chi connectivity index (χ1v) is 11.0. The highest BCUT2D eigenvalue weighted by Crippen LogP contribution is 2.23. The predicted octanol–water partition coefficient (Wildman–Crippen LogP) is 7.77. The molecule has 0 bridgehead atoms. The maximum Gasteiger partial charge on any atom is 0.306 e. The van der Waals surface area contributed by atoms with Crippen LogP contribution >= 0.6 is 0 Å². The van der Waals surface area contributed by atoms with E-state index in [0.717, 1.165) is 31.2 Å². The van der Waals surface area contributed by atoms with Crippen LogP contribution in [0.15, 0.2) is 30.3 Å². The van der Waals surface area contributed by atoms with Crippen LogP contribution in [0.3, 0.4) is 0 Å². The van der Waals surface area contributed by atoms with Gasteiger partial charge in [0.15, 0.2) is 0 Å². The molecule has 1 aromatic carbocycles. The number of rotatable bonds is 16. The molecule has 0 saturated carbocycles. The third-order valence-electron chi connectivity index (χ3n) is 4.98. The zero-order chi connectivity index (χ0) is 18.9. The summed E-state index contributed by atoms with van der Waals surface area (Å²) in [5, 5.41) is 0. The van der Waals surface area contributed by atoms with Gasteiger partial charge in [0.05, 0.1) is 0 Å². The average Bonchev–Trinajstić information content (AvgIpc) is 2.66. The summed E-state index contributed by atoms with van der Waals surface area (Å²) < 4.78 is 5.73. The normalized spacial score (nSPS) is 12.1. The number of hydrogen-bond acceptors (Lipinski definition) is 2. The fourth-order valence-electron chi connectivity index (χ4n) is 3.37. The second-order valence-corrected chi connectivity index (χ2v) is 7.46. The highest BCUT2D eigenvalue weighted by atomic mass is 16.5. The van der Waals surface area contributed by atoms with Crippen LogP contribution in [0.1, 0.15) is 115 Å². The van der Waals surface area contributed by atoms with Gasteiger partial charge in [0.2, 0.25) is 0 Å². The minimum atomic E-state index is -0.0820.